The Labute approximate surface area is 202 Å². The summed E-state index contributed by atoms with van der Waals surface area (Å²) in [5, 5.41) is 0. The van der Waals surface area contributed by atoms with Crippen LogP contribution in [0.5, 0.6) is 0 Å². The van der Waals surface area contributed by atoms with E-state index in [-0.39, 0.29) is 11.7 Å². The fourth-order valence-electron chi connectivity index (χ4n) is 4.51. The summed E-state index contributed by atoms with van der Waals surface area (Å²) in [6.45, 7) is 13.0. The summed E-state index contributed by atoms with van der Waals surface area (Å²) >= 11 is 1.65. The Balaban J connectivity index is 1.80. The molecule has 31 heavy (non-hydrogen) atoms. The molecule has 0 aliphatic carbocycles. The quantitative estimate of drug-likeness (QED) is 0.239. The molecule has 0 radical (unpaired) electrons. The van der Waals surface area contributed by atoms with Gasteiger partial charge in [0.05, 0.1) is 0 Å². The fourth-order valence-corrected chi connectivity index (χ4v) is 25.8. The maximum atomic E-state index is 6.02. The molecule has 0 N–H and O–H groups in total. The summed E-state index contributed by atoms with van der Waals surface area (Å²) in [6.07, 6.45) is 8.08. The van der Waals surface area contributed by atoms with Crippen LogP contribution in [-0.4, -0.2) is 31.6 Å². The molecule has 1 fully saturated rings. The van der Waals surface area contributed by atoms with Crippen molar-refractivity contribution in [2.24, 2.45) is 5.41 Å². The number of rotatable bonds is 12. The van der Waals surface area contributed by atoms with E-state index in [9.17, 15) is 0 Å². The molecule has 0 saturated carbocycles. The molecule has 0 spiro atoms. The van der Waals surface area contributed by atoms with Gasteiger partial charge >= 0.3 is 204 Å². The van der Waals surface area contributed by atoms with Crippen molar-refractivity contribution in [1.82, 2.24) is 0 Å². The molecule has 1 aliphatic rings. The van der Waals surface area contributed by atoms with E-state index >= 15 is 0 Å². The van der Waals surface area contributed by atoms with Crippen LogP contribution in [0.1, 0.15) is 84.3 Å². The average molecular weight is 569 g/mol. The van der Waals surface area contributed by atoms with E-state index in [0.717, 1.165) is 13.2 Å². The van der Waals surface area contributed by atoms with Gasteiger partial charge in [0.1, 0.15) is 0 Å². The van der Waals surface area contributed by atoms with Gasteiger partial charge in [0.15, 0.2) is 0 Å². The first-order valence-electron chi connectivity index (χ1n) is 12.4. The normalized spacial score (nSPS) is 17.3. The number of ether oxygens (including phenoxy) is 2. The number of unbranched alkanes of at least 4 members (excludes halogenated alkanes) is 3. The van der Waals surface area contributed by atoms with Gasteiger partial charge < -0.3 is 0 Å². The number of hydrogen-bond donors (Lipinski definition) is 0. The summed E-state index contributed by atoms with van der Waals surface area (Å²) in [6, 6.07) is 9.44. The van der Waals surface area contributed by atoms with Gasteiger partial charge in [-0.3, -0.25) is 0 Å². The molecule has 3 rings (SSSR count). The Morgan fingerprint density at radius 3 is 1.87 bits per heavy atom. The van der Waals surface area contributed by atoms with Crippen molar-refractivity contribution >= 4 is 43.9 Å². The van der Waals surface area contributed by atoms with Gasteiger partial charge in [-0.25, -0.2) is 0 Å². The minimum atomic E-state index is -2.33. The molecule has 2 aromatic heterocycles. The van der Waals surface area contributed by atoms with Crippen LogP contribution in [0, 0.1) is 5.41 Å². The summed E-state index contributed by atoms with van der Waals surface area (Å²) in [7, 11) is 0. The van der Waals surface area contributed by atoms with Gasteiger partial charge in [0, 0.05) is 0 Å². The Morgan fingerprint density at radius 2 is 1.32 bits per heavy atom. The van der Waals surface area contributed by atoms with Crippen molar-refractivity contribution in [1.29, 1.82) is 0 Å². The molecule has 0 atom stereocenters. The summed E-state index contributed by atoms with van der Waals surface area (Å²) in [5.41, 5.74) is 0.116. The summed E-state index contributed by atoms with van der Waals surface area (Å²) in [4.78, 5) is 4.04. The topological polar surface area (TPSA) is 18.5 Å². The SMILES string of the molecule is CCC[CH2][Sn]([CH2]CCC)([CH2]CCC)[c]1ccc(-c2ccc(C3OCC(C)(C)CO3)s2)s1. The molecule has 3 heterocycles. The van der Waals surface area contributed by atoms with E-state index in [1.165, 1.54) is 53.2 Å². The second-order valence-corrected chi connectivity index (χ2v) is 26.4. The van der Waals surface area contributed by atoms with Crippen LogP contribution in [0.25, 0.3) is 9.75 Å². The minimum absolute atomic E-state index is 0.116. The second kappa shape index (κ2) is 12.0. The van der Waals surface area contributed by atoms with Crippen molar-refractivity contribution in [3.8, 4) is 9.75 Å². The van der Waals surface area contributed by atoms with Crippen LogP contribution >= 0.6 is 22.7 Å². The molecule has 0 aromatic carbocycles. The van der Waals surface area contributed by atoms with Crippen LogP contribution in [-0.2, 0) is 9.47 Å². The Kier molecular flexibility index (Phi) is 9.97. The zero-order chi connectivity index (χ0) is 22.3. The van der Waals surface area contributed by atoms with Crippen LogP contribution in [0.2, 0.25) is 13.3 Å². The van der Waals surface area contributed by atoms with Gasteiger partial charge in [-0.15, -0.1) is 0 Å². The first-order chi connectivity index (χ1) is 14.9. The fraction of sp³-hybridized carbons (Fsp3) is 0.692. The van der Waals surface area contributed by atoms with Gasteiger partial charge in [-0.05, 0) is 0 Å². The number of hydrogen-bond acceptors (Lipinski definition) is 4. The van der Waals surface area contributed by atoms with Gasteiger partial charge in [-0.2, -0.15) is 0 Å². The molecule has 2 aromatic rings. The monoisotopic (exact) mass is 570 g/mol. The molecule has 1 aliphatic heterocycles. The van der Waals surface area contributed by atoms with Gasteiger partial charge in [-0.1, -0.05) is 0 Å². The summed E-state index contributed by atoms with van der Waals surface area (Å²) in [5.74, 6) is 0. The average Bonchev–Trinajstić information content (AvgIpc) is 3.44. The zero-order valence-electron chi connectivity index (χ0n) is 20.3. The first-order valence-corrected chi connectivity index (χ1v) is 21.5. The van der Waals surface area contributed by atoms with Crippen molar-refractivity contribution in [2.45, 2.75) is 92.7 Å². The molecule has 2 nitrogen and oxygen atoms in total. The first kappa shape index (κ1) is 25.7. The molecular formula is C26H42O2S2Sn. The van der Waals surface area contributed by atoms with Crippen LogP contribution < -0.4 is 2.89 Å². The third-order valence-corrected chi connectivity index (χ3v) is 27.2. The standard InChI is InChI=1S/C14H15O2S2.3C4H9.Sn/c1-14(2)8-15-13(16-9-14)12-6-5-11(18-12)10-4-3-7-17-10;3*1-3-4-2;/h3-6,13H,8-9H2,1-2H3;3*1,3-4H2,2H3;. The summed E-state index contributed by atoms with van der Waals surface area (Å²) < 4.78 is 18.5. The maximum absolute atomic E-state index is 6.02. The van der Waals surface area contributed by atoms with Crippen LogP contribution in [0.15, 0.2) is 24.3 Å². The predicted molar refractivity (Wildman–Crippen MR) is 141 cm³/mol. The second-order valence-electron chi connectivity index (χ2n) is 10.1. The van der Waals surface area contributed by atoms with E-state index in [0.29, 0.717) is 0 Å². The van der Waals surface area contributed by atoms with Gasteiger partial charge in [0.25, 0.3) is 0 Å². The van der Waals surface area contributed by atoms with E-state index < -0.39 is 18.4 Å². The Hall–Kier alpha value is 0.119. The molecule has 0 bridgehead atoms. The molecule has 0 amide bonds. The van der Waals surface area contributed by atoms with E-state index in [1.54, 1.807) is 13.3 Å². The molecular weight excluding hydrogens is 527 g/mol. The van der Waals surface area contributed by atoms with E-state index in [4.69, 9.17) is 9.47 Å². The van der Waals surface area contributed by atoms with Crippen LogP contribution in [0.3, 0.4) is 0 Å². The molecule has 0 unspecified atom stereocenters. The Bertz CT molecular complexity index is 763. The number of thiophene rings is 2. The zero-order valence-corrected chi connectivity index (χ0v) is 24.8. The van der Waals surface area contributed by atoms with Crippen LogP contribution in [0.4, 0.5) is 0 Å². The molecule has 1 saturated heterocycles. The van der Waals surface area contributed by atoms with Crippen molar-refractivity contribution < 1.29 is 9.47 Å². The van der Waals surface area contributed by atoms with Crippen molar-refractivity contribution in [2.75, 3.05) is 13.2 Å². The Morgan fingerprint density at radius 1 is 0.806 bits per heavy atom. The third kappa shape index (κ3) is 6.81. The molecule has 5 heteroatoms. The van der Waals surface area contributed by atoms with E-state index in [2.05, 4.69) is 70.2 Å². The molecule has 174 valence electrons. The van der Waals surface area contributed by atoms with E-state index in [1.807, 2.05) is 14.2 Å². The predicted octanol–water partition coefficient (Wildman–Crippen LogP) is 8.60. The third-order valence-electron chi connectivity index (χ3n) is 6.51. The van der Waals surface area contributed by atoms with Gasteiger partial charge in [0.2, 0.25) is 0 Å². The van der Waals surface area contributed by atoms with Crippen molar-refractivity contribution in [3.05, 3.63) is 29.1 Å². The van der Waals surface area contributed by atoms with Crippen molar-refractivity contribution in [3.63, 3.8) is 0 Å².